The second-order valence-electron chi connectivity index (χ2n) is 9.23. The van der Waals surface area contributed by atoms with Gasteiger partial charge in [-0.3, -0.25) is 4.79 Å². The molecule has 2 heterocycles. The first-order valence-electron chi connectivity index (χ1n) is 11.0. The van der Waals surface area contributed by atoms with Crippen LogP contribution in [0, 0.1) is 25.5 Å². The van der Waals surface area contributed by atoms with Gasteiger partial charge in [0.15, 0.2) is 0 Å². The molecule has 174 valence electrons. The summed E-state index contributed by atoms with van der Waals surface area (Å²) >= 11 is 0. The lowest BCUT2D eigenvalue weighted by atomic mass is 9.98. The third-order valence-electron chi connectivity index (χ3n) is 5.93. The molecule has 3 aromatic carbocycles. The van der Waals surface area contributed by atoms with Crippen LogP contribution < -0.4 is 15.4 Å². The van der Waals surface area contributed by atoms with Crippen molar-refractivity contribution in [1.82, 2.24) is 9.97 Å². The molecule has 5 rings (SSSR count). The van der Waals surface area contributed by atoms with Gasteiger partial charge in [-0.1, -0.05) is 12.1 Å². The van der Waals surface area contributed by atoms with Crippen molar-refractivity contribution in [2.24, 2.45) is 0 Å². The minimum atomic E-state index is -0.521. The number of amides is 1. The number of aromatic nitrogens is 2. The Bertz CT molecular complexity index is 1440. The van der Waals surface area contributed by atoms with Gasteiger partial charge in [0.2, 0.25) is 5.95 Å². The van der Waals surface area contributed by atoms with E-state index >= 15 is 0 Å². The van der Waals surface area contributed by atoms with Gasteiger partial charge >= 0.3 is 0 Å². The van der Waals surface area contributed by atoms with Crippen molar-refractivity contribution in [3.63, 3.8) is 0 Å². The number of hydrogen-bond acceptors (Lipinski definition) is 4. The summed E-state index contributed by atoms with van der Waals surface area (Å²) in [7, 11) is 0. The SMILES string of the molecule is Cc1cc(NC(=O)c2cc3[nH]c(Nc4c(C)cccc4F)nc3c3c2OC(C)(C)C3)ccc1F. The molecule has 0 unspecified atom stereocenters. The largest absolute Gasteiger partial charge is 0.486 e. The molecule has 1 aliphatic heterocycles. The number of para-hydroxylation sites is 1. The van der Waals surface area contributed by atoms with Gasteiger partial charge in [-0.2, -0.15) is 0 Å². The van der Waals surface area contributed by atoms with E-state index in [0.29, 0.717) is 51.7 Å². The van der Waals surface area contributed by atoms with Gasteiger partial charge in [0.1, 0.15) is 23.0 Å². The van der Waals surface area contributed by atoms with E-state index < -0.39 is 5.60 Å². The van der Waals surface area contributed by atoms with E-state index in [1.54, 1.807) is 25.1 Å². The minimum Gasteiger partial charge on any atom is -0.486 e. The predicted octanol–water partition coefficient (Wildman–Crippen LogP) is 6.17. The average Bonchev–Trinajstić information content (AvgIpc) is 3.32. The van der Waals surface area contributed by atoms with Gasteiger partial charge in [-0.15, -0.1) is 0 Å². The van der Waals surface area contributed by atoms with Gasteiger partial charge in [0.25, 0.3) is 5.91 Å². The Morgan fingerprint density at radius 1 is 1.09 bits per heavy atom. The molecule has 0 fully saturated rings. The monoisotopic (exact) mass is 462 g/mol. The number of aryl methyl sites for hydroxylation is 2. The first kappa shape index (κ1) is 21.9. The lowest BCUT2D eigenvalue weighted by molar-refractivity contribution is 0.101. The van der Waals surface area contributed by atoms with E-state index in [1.165, 1.54) is 18.2 Å². The van der Waals surface area contributed by atoms with Crippen molar-refractivity contribution in [3.8, 4) is 5.75 Å². The Morgan fingerprint density at radius 3 is 2.62 bits per heavy atom. The Hall–Kier alpha value is -3.94. The van der Waals surface area contributed by atoms with Crippen LogP contribution in [0.3, 0.4) is 0 Å². The fourth-order valence-electron chi connectivity index (χ4n) is 4.28. The number of carbonyl (C=O) groups is 1. The van der Waals surface area contributed by atoms with Gasteiger partial charge in [-0.25, -0.2) is 13.8 Å². The lowest BCUT2D eigenvalue weighted by Crippen LogP contribution is -2.25. The minimum absolute atomic E-state index is 0.333. The highest BCUT2D eigenvalue weighted by molar-refractivity contribution is 6.09. The average molecular weight is 463 g/mol. The van der Waals surface area contributed by atoms with Crippen LogP contribution in [-0.2, 0) is 6.42 Å². The molecule has 34 heavy (non-hydrogen) atoms. The molecule has 0 saturated heterocycles. The van der Waals surface area contributed by atoms with Crippen LogP contribution in [0.15, 0.2) is 42.5 Å². The lowest BCUT2D eigenvalue weighted by Gasteiger charge is -2.18. The number of halogens is 2. The Labute approximate surface area is 195 Å². The van der Waals surface area contributed by atoms with Gasteiger partial charge in [-0.05, 0) is 69.2 Å². The second kappa shape index (κ2) is 7.83. The molecule has 0 saturated carbocycles. The van der Waals surface area contributed by atoms with E-state index in [9.17, 15) is 13.6 Å². The highest BCUT2D eigenvalue weighted by Gasteiger charge is 2.36. The molecule has 4 aromatic rings. The number of aromatic amines is 1. The number of anilines is 3. The van der Waals surface area contributed by atoms with Gasteiger partial charge in [0, 0.05) is 17.7 Å². The Morgan fingerprint density at radius 2 is 1.88 bits per heavy atom. The van der Waals surface area contributed by atoms with Crippen molar-refractivity contribution in [3.05, 3.63) is 76.4 Å². The number of ether oxygens (including phenoxy) is 1. The van der Waals surface area contributed by atoms with Crippen molar-refractivity contribution < 1.29 is 18.3 Å². The standard InChI is InChI=1S/C26H24F2N4O2/c1-13-6-5-7-19(28)21(13)31-25-30-20-11-16(23-17(22(20)32-25)12-26(3,4)34-23)24(33)29-15-8-9-18(27)14(2)10-15/h5-11H,12H2,1-4H3,(H,29,33)(H2,30,31,32). The van der Waals surface area contributed by atoms with Crippen LogP contribution in [-0.4, -0.2) is 21.5 Å². The van der Waals surface area contributed by atoms with Gasteiger partial charge < -0.3 is 20.4 Å². The molecule has 0 radical (unpaired) electrons. The normalized spacial score (nSPS) is 14.1. The summed E-state index contributed by atoms with van der Waals surface area (Å²) in [4.78, 5) is 21.0. The topological polar surface area (TPSA) is 79.0 Å². The van der Waals surface area contributed by atoms with Crippen LogP contribution in [0.4, 0.5) is 26.1 Å². The molecular weight excluding hydrogens is 438 g/mol. The van der Waals surface area contributed by atoms with Crippen LogP contribution in [0.2, 0.25) is 0 Å². The van der Waals surface area contributed by atoms with Gasteiger partial charge in [0.05, 0.1) is 22.3 Å². The number of hydrogen-bond donors (Lipinski definition) is 3. The zero-order valence-corrected chi connectivity index (χ0v) is 19.3. The van der Waals surface area contributed by atoms with E-state index in [-0.39, 0.29) is 17.5 Å². The van der Waals surface area contributed by atoms with Crippen molar-refractivity contribution in [2.75, 3.05) is 10.6 Å². The molecule has 6 nitrogen and oxygen atoms in total. The Balaban J connectivity index is 1.56. The molecular formula is C26H24F2N4O2. The number of nitrogens with one attached hydrogen (secondary N) is 3. The fourth-order valence-corrected chi connectivity index (χ4v) is 4.28. The first-order valence-corrected chi connectivity index (χ1v) is 11.0. The quantitative estimate of drug-likeness (QED) is 0.339. The number of H-pyrrole nitrogens is 1. The molecule has 1 aromatic heterocycles. The molecule has 8 heteroatoms. The number of rotatable bonds is 4. The van der Waals surface area contributed by atoms with Crippen LogP contribution in [0.5, 0.6) is 5.75 Å². The summed E-state index contributed by atoms with van der Waals surface area (Å²) in [6, 6.07) is 10.9. The third-order valence-corrected chi connectivity index (χ3v) is 5.93. The van der Waals surface area contributed by atoms with E-state index in [2.05, 4.69) is 20.6 Å². The van der Waals surface area contributed by atoms with Crippen LogP contribution >= 0.6 is 0 Å². The van der Waals surface area contributed by atoms with Crippen molar-refractivity contribution >= 4 is 34.3 Å². The fraction of sp³-hybridized carbons (Fsp3) is 0.231. The summed E-state index contributed by atoms with van der Waals surface area (Å²) in [5, 5.41) is 5.85. The summed E-state index contributed by atoms with van der Waals surface area (Å²) in [5.41, 5.74) is 3.89. The zero-order chi connectivity index (χ0) is 24.2. The van der Waals surface area contributed by atoms with Crippen LogP contribution in [0.1, 0.15) is 40.9 Å². The molecule has 3 N–H and O–H groups in total. The maximum atomic E-state index is 14.3. The summed E-state index contributed by atoms with van der Waals surface area (Å²) < 4.78 is 34.1. The molecule has 0 aliphatic carbocycles. The third kappa shape index (κ3) is 3.85. The van der Waals surface area contributed by atoms with E-state index in [0.717, 1.165) is 11.1 Å². The van der Waals surface area contributed by atoms with Crippen molar-refractivity contribution in [2.45, 2.75) is 39.7 Å². The predicted molar refractivity (Wildman–Crippen MR) is 128 cm³/mol. The van der Waals surface area contributed by atoms with Crippen LogP contribution in [0.25, 0.3) is 11.0 Å². The smallest absolute Gasteiger partial charge is 0.259 e. The molecule has 1 amide bonds. The number of nitrogens with zero attached hydrogens (tertiary/aromatic N) is 1. The highest BCUT2D eigenvalue weighted by atomic mass is 19.1. The second-order valence-corrected chi connectivity index (χ2v) is 9.23. The molecule has 1 aliphatic rings. The molecule has 0 spiro atoms. The summed E-state index contributed by atoms with van der Waals surface area (Å²) in [6.07, 6.45) is 0.554. The Kier molecular flexibility index (Phi) is 5.04. The number of fused-ring (bicyclic) bond motifs is 3. The number of imidazole rings is 1. The maximum Gasteiger partial charge on any atom is 0.259 e. The molecule has 0 bridgehead atoms. The zero-order valence-electron chi connectivity index (χ0n) is 19.3. The van der Waals surface area contributed by atoms with E-state index in [1.807, 2.05) is 26.8 Å². The van der Waals surface area contributed by atoms with E-state index in [4.69, 9.17) is 4.74 Å². The molecule has 0 atom stereocenters. The van der Waals surface area contributed by atoms with Crippen molar-refractivity contribution in [1.29, 1.82) is 0 Å². The summed E-state index contributed by atoms with van der Waals surface area (Å²) in [5.74, 6) is -0.274. The maximum absolute atomic E-state index is 14.3. The number of benzene rings is 3. The first-order chi connectivity index (χ1) is 16.1. The highest BCUT2D eigenvalue weighted by Crippen LogP contribution is 2.42. The number of carbonyl (C=O) groups excluding carboxylic acids is 1. The summed E-state index contributed by atoms with van der Waals surface area (Å²) in [6.45, 7) is 7.33.